The van der Waals surface area contributed by atoms with Crippen LogP contribution < -0.4 is 5.73 Å². The minimum atomic E-state index is -4.28. The summed E-state index contributed by atoms with van der Waals surface area (Å²) in [5.41, 5.74) is 6.64. The van der Waals surface area contributed by atoms with E-state index in [0.717, 1.165) is 30.5 Å². The molecule has 1 saturated carbocycles. The molecule has 0 bridgehead atoms. The lowest BCUT2D eigenvalue weighted by Crippen LogP contribution is -2.56. The van der Waals surface area contributed by atoms with Crippen LogP contribution in [0.3, 0.4) is 0 Å². The molecule has 21 heavy (non-hydrogen) atoms. The molecule has 1 atom stereocenters. The van der Waals surface area contributed by atoms with E-state index in [-0.39, 0.29) is 11.6 Å². The lowest BCUT2D eigenvalue weighted by molar-refractivity contribution is -0.137. The summed E-state index contributed by atoms with van der Waals surface area (Å²) in [7, 11) is 4.08. The van der Waals surface area contributed by atoms with E-state index in [1.54, 1.807) is 12.1 Å². The van der Waals surface area contributed by atoms with Crippen LogP contribution in [0.1, 0.15) is 36.8 Å². The van der Waals surface area contributed by atoms with E-state index < -0.39 is 11.7 Å². The van der Waals surface area contributed by atoms with Crippen molar-refractivity contribution in [1.82, 2.24) is 4.90 Å². The number of nitrogens with zero attached hydrogens (tertiary/aromatic N) is 1. The second kappa shape index (κ2) is 5.97. The molecule has 0 saturated heterocycles. The van der Waals surface area contributed by atoms with Crippen LogP contribution in [0.25, 0.3) is 0 Å². The number of benzene rings is 1. The summed E-state index contributed by atoms with van der Waals surface area (Å²) >= 11 is 0. The van der Waals surface area contributed by atoms with Crippen LogP contribution in [-0.4, -0.2) is 30.6 Å². The van der Waals surface area contributed by atoms with E-state index in [1.165, 1.54) is 12.8 Å². The first-order valence-electron chi connectivity index (χ1n) is 7.35. The monoisotopic (exact) mass is 300 g/mol. The Hall–Kier alpha value is -1.07. The fourth-order valence-corrected chi connectivity index (χ4v) is 3.41. The lowest BCUT2D eigenvalue weighted by atomic mass is 9.83. The van der Waals surface area contributed by atoms with E-state index in [4.69, 9.17) is 5.73 Å². The average molecular weight is 300 g/mol. The molecule has 0 aromatic heterocycles. The van der Waals surface area contributed by atoms with E-state index >= 15 is 0 Å². The third-order valence-electron chi connectivity index (χ3n) is 4.79. The lowest BCUT2D eigenvalue weighted by Gasteiger charge is -2.41. The maximum absolute atomic E-state index is 12.6. The van der Waals surface area contributed by atoms with Crippen molar-refractivity contribution in [3.63, 3.8) is 0 Å². The molecule has 1 unspecified atom stereocenters. The second-order valence-electron chi connectivity index (χ2n) is 6.21. The van der Waals surface area contributed by atoms with Crippen molar-refractivity contribution < 1.29 is 13.2 Å². The Morgan fingerprint density at radius 2 is 1.67 bits per heavy atom. The van der Waals surface area contributed by atoms with Gasteiger partial charge in [0, 0.05) is 11.6 Å². The standard InChI is InChI=1S/C16H23F3N2/c1-21(2)15(9-3-4-10-15)14(20)11-12-5-7-13(8-6-12)16(17,18)19/h5-8,14H,3-4,9-11,20H2,1-2H3. The first-order valence-corrected chi connectivity index (χ1v) is 7.35. The van der Waals surface area contributed by atoms with E-state index in [0.29, 0.717) is 6.42 Å². The quantitative estimate of drug-likeness (QED) is 0.923. The molecule has 2 rings (SSSR count). The molecule has 0 heterocycles. The number of alkyl halides is 3. The van der Waals surface area contributed by atoms with Crippen LogP contribution in [-0.2, 0) is 12.6 Å². The smallest absolute Gasteiger partial charge is 0.326 e. The van der Waals surface area contributed by atoms with E-state index in [9.17, 15) is 13.2 Å². The molecule has 1 aromatic carbocycles. The Kier molecular flexibility index (Phi) is 4.63. The van der Waals surface area contributed by atoms with Gasteiger partial charge in [-0.1, -0.05) is 25.0 Å². The third-order valence-corrected chi connectivity index (χ3v) is 4.79. The molecule has 0 spiro atoms. The van der Waals surface area contributed by atoms with Crippen molar-refractivity contribution in [3.05, 3.63) is 35.4 Å². The highest BCUT2D eigenvalue weighted by Gasteiger charge is 2.41. The van der Waals surface area contributed by atoms with Crippen molar-refractivity contribution in [3.8, 4) is 0 Å². The van der Waals surface area contributed by atoms with Crippen molar-refractivity contribution >= 4 is 0 Å². The van der Waals surface area contributed by atoms with Crippen molar-refractivity contribution in [1.29, 1.82) is 0 Å². The largest absolute Gasteiger partial charge is 0.416 e. The van der Waals surface area contributed by atoms with Crippen LogP contribution in [0.5, 0.6) is 0 Å². The van der Waals surface area contributed by atoms with Gasteiger partial charge >= 0.3 is 6.18 Å². The fraction of sp³-hybridized carbons (Fsp3) is 0.625. The van der Waals surface area contributed by atoms with Crippen LogP contribution in [0, 0.1) is 0 Å². The SMILES string of the molecule is CN(C)C1(C(N)Cc2ccc(C(F)(F)F)cc2)CCCC1. The molecule has 2 N–H and O–H groups in total. The first-order chi connectivity index (χ1) is 9.75. The Labute approximate surface area is 124 Å². The molecular formula is C16H23F3N2. The predicted molar refractivity (Wildman–Crippen MR) is 78.0 cm³/mol. The zero-order valence-electron chi connectivity index (χ0n) is 12.6. The van der Waals surface area contributed by atoms with Gasteiger partial charge in [-0.25, -0.2) is 0 Å². The van der Waals surface area contributed by atoms with Crippen LogP contribution in [0.15, 0.2) is 24.3 Å². The van der Waals surface area contributed by atoms with Gasteiger partial charge in [-0.15, -0.1) is 0 Å². The van der Waals surface area contributed by atoms with Crippen LogP contribution >= 0.6 is 0 Å². The molecule has 1 aliphatic carbocycles. The second-order valence-corrected chi connectivity index (χ2v) is 6.21. The Morgan fingerprint density at radius 3 is 2.10 bits per heavy atom. The summed E-state index contributed by atoms with van der Waals surface area (Å²) in [4.78, 5) is 2.19. The summed E-state index contributed by atoms with van der Waals surface area (Å²) in [5.74, 6) is 0. The number of nitrogens with two attached hydrogens (primary N) is 1. The van der Waals surface area contributed by atoms with Gasteiger partial charge in [0.25, 0.3) is 0 Å². The van der Waals surface area contributed by atoms with E-state index in [2.05, 4.69) is 4.90 Å². The van der Waals surface area contributed by atoms with Crippen LogP contribution in [0.2, 0.25) is 0 Å². The normalized spacial score (nSPS) is 20.0. The summed E-state index contributed by atoms with van der Waals surface area (Å²) < 4.78 is 37.7. The van der Waals surface area contributed by atoms with Gasteiger partial charge in [0.2, 0.25) is 0 Å². The number of rotatable bonds is 4. The Bertz CT molecular complexity index is 459. The summed E-state index contributed by atoms with van der Waals surface area (Å²) in [6, 6.07) is 5.30. The molecule has 1 fully saturated rings. The van der Waals surface area contributed by atoms with Crippen molar-refractivity contribution in [2.24, 2.45) is 5.73 Å². The summed E-state index contributed by atoms with van der Waals surface area (Å²) in [5, 5.41) is 0. The molecular weight excluding hydrogens is 277 g/mol. The molecule has 2 nitrogen and oxygen atoms in total. The molecule has 0 aliphatic heterocycles. The van der Waals surface area contributed by atoms with Gasteiger partial charge < -0.3 is 10.6 Å². The van der Waals surface area contributed by atoms with Gasteiger partial charge in [0.1, 0.15) is 0 Å². The van der Waals surface area contributed by atoms with Gasteiger partial charge in [-0.3, -0.25) is 0 Å². The van der Waals surface area contributed by atoms with Gasteiger partial charge in [-0.2, -0.15) is 13.2 Å². The van der Waals surface area contributed by atoms with Gasteiger partial charge in [0.05, 0.1) is 5.56 Å². The molecule has 0 radical (unpaired) electrons. The van der Waals surface area contributed by atoms with E-state index in [1.807, 2.05) is 14.1 Å². The maximum Gasteiger partial charge on any atom is 0.416 e. The Balaban J connectivity index is 2.10. The molecule has 1 aliphatic rings. The molecule has 5 heteroatoms. The average Bonchev–Trinajstić information content (AvgIpc) is 2.89. The number of likely N-dealkylation sites (N-methyl/N-ethyl adjacent to an activating group) is 1. The first kappa shape index (κ1) is 16.3. The molecule has 1 aromatic rings. The maximum atomic E-state index is 12.6. The summed E-state index contributed by atoms with van der Waals surface area (Å²) in [6.07, 6.45) is 0.772. The zero-order chi connectivity index (χ0) is 15.7. The minimum absolute atomic E-state index is 0.0251. The predicted octanol–water partition coefficient (Wildman–Crippen LogP) is 3.45. The van der Waals surface area contributed by atoms with Crippen molar-refractivity contribution in [2.45, 2.75) is 49.9 Å². The van der Waals surface area contributed by atoms with Crippen molar-refractivity contribution in [2.75, 3.05) is 14.1 Å². The highest BCUT2D eigenvalue weighted by atomic mass is 19.4. The topological polar surface area (TPSA) is 29.3 Å². The minimum Gasteiger partial charge on any atom is -0.326 e. The van der Waals surface area contributed by atoms with Gasteiger partial charge in [0.15, 0.2) is 0 Å². The zero-order valence-corrected chi connectivity index (χ0v) is 12.6. The number of hydrogen-bond donors (Lipinski definition) is 1. The highest BCUT2D eigenvalue weighted by molar-refractivity contribution is 5.26. The van der Waals surface area contributed by atoms with Gasteiger partial charge in [-0.05, 0) is 51.1 Å². The molecule has 118 valence electrons. The summed E-state index contributed by atoms with van der Waals surface area (Å²) in [6.45, 7) is 0. The highest BCUT2D eigenvalue weighted by Crippen LogP contribution is 2.37. The van der Waals surface area contributed by atoms with Crippen LogP contribution in [0.4, 0.5) is 13.2 Å². The Morgan fingerprint density at radius 1 is 1.14 bits per heavy atom. The fourth-order valence-electron chi connectivity index (χ4n) is 3.41. The number of hydrogen-bond acceptors (Lipinski definition) is 2. The third kappa shape index (κ3) is 3.40. The number of halogens is 3. The molecule has 0 amide bonds.